The SMILES string of the molecule is CCCCC/C=C\C/C=C\C/C=C\CCCC#CC(C)C(=O)O. The zero-order chi connectivity index (χ0) is 17.2. The van der Waals surface area contributed by atoms with Crippen molar-refractivity contribution in [3.63, 3.8) is 0 Å². The van der Waals surface area contributed by atoms with Gasteiger partial charge in [0, 0.05) is 6.42 Å². The largest absolute Gasteiger partial charge is 0.480 e. The van der Waals surface area contributed by atoms with Crippen LogP contribution in [0.3, 0.4) is 0 Å². The summed E-state index contributed by atoms with van der Waals surface area (Å²) in [6.45, 7) is 3.84. The molecule has 0 aliphatic rings. The minimum Gasteiger partial charge on any atom is -0.480 e. The maximum atomic E-state index is 10.6. The zero-order valence-electron chi connectivity index (χ0n) is 14.8. The van der Waals surface area contributed by atoms with Gasteiger partial charge >= 0.3 is 5.97 Å². The Morgan fingerprint density at radius 1 is 0.957 bits per heavy atom. The summed E-state index contributed by atoms with van der Waals surface area (Å²) in [6.07, 6.45) is 23.2. The van der Waals surface area contributed by atoms with Crippen LogP contribution in [0.2, 0.25) is 0 Å². The summed E-state index contributed by atoms with van der Waals surface area (Å²) >= 11 is 0. The molecule has 0 aromatic carbocycles. The molecule has 0 fully saturated rings. The van der Waals surface area contributed by atoms with E-state index in [4.69, 9.17) is 5.11 Å². The second kappa shape index (κ2) is 16.6. The van der Waals surface area contributed by atoms with E-state index >= 15 is 0 Å². The maximum absolute atomic E-state index is 10.6. The summed E-state index contributed by atoms with van der Waals surface area (Å²) in [5, 5.41) is 8.68. The molecule has 0 heterocycles. The third-order valence-electron chi connectivity index (χ3n) is 3.38. The first-order valence-corrected chi connectivity index (χ1v) is 8.84. The summed E-state index contributed by atoms with van der Waals surface area (Å²) in [5.41, 5.74) is 0. The van der Waals surface area contributed by atoms with Crippen LogP contribution < -0.4 is 0 Å². The normalized spacial score (nSPS) is 12.8. The first kappa shape index (κ1) is 21.2. The number of rotatable bonds is 12. The third kappa shape index (κ3) is 16.4. The second-order valence-corrected chi connectivity index (χ2v) is 5.65. The molecule has 2 nitrogen and oxygen atoms in total. The van der Waals surface area contributed by atoms with Gasteiger partial charge in [0.2, 0.25) is 0 Å². The fraction of sp³-hybridized carbons (Fsp3) is 0.571. The molecule has 0 aromatic heterocycles. The standard InChI is InChI=1S/C21H32O2/c1-3-4-5-6-7-8-9-10-11-12-13-14-15-16-17-18-19-20(2)21(22)23/h7-8,10-11,13-14,20H,3-6,9,12,15-17H2,1-2H3,(H,22,23)/b8-7-,11-10-,14-13-. The third-order valence-corrected chi connectivity index (χ3v) is 3.38. The lowest BCUT2D eigenvalue weighted by atomic mass is 10.1. The molecule has 0 aromatic rings. The van der Waals surface area contributed by atoms with E-state index in [9.17, 15) is 4.79 Å². The van der Waals surface area contributed by atoms with Crippen LogP contribution in [0.25, 0.3) is 0 Å². The first-order chi connectivity index (χ1) is 11.2. The molecule has 0 aliphatic heterocycles. The van der Waals surface area contributed by atoms with Crippen molar-refractivity contribution in [2.45, 2.75) is 71.6 Å². The van der Waals surface area contributed by atoms with E-state index in [0.717, 1.165) is 32.1 Å². The van der Waals surface area contributed by atoms with E-state index in [1.54, 1.807) is 6.92 Å². The van der Waals surface area contributed by atoms with E-state index < -0.39 is 11.9 Å². The van der Waals surface area contributed by atoms with Crippen LogP contribution in [0, 0.1) is 17.8 Å². The van der Waals surface area contributed by atoms with E-state index in [0.29, 0.717) is 0 Å². The quantitative estimate of drug-likeness (QED) is 0.276. The predicted octanol–water partition coefficient (Wildman–Crippen LogP) is 5.91. The van der Waals surface area contributed by atoms with E-state index in [-0.39, 0.29) is 0 Å². The fourth-order valence-corrected chi connectivity index (χ4v) is 1.89. The van der Waals surface area contributed by atoms with Crippen molar-refractivity contribution in [1.82, 2.24) is 0 Å². The Kier molecular flexibility index (Phi) is 15.4. The van der Waals surface area contributed by atoms with Crippen LogP contribution in [0.15, 0.2) is 36.5 Å². The summed E-state index contributed by atoms with van der Waals surface area (Å²) in [6, 6.07) is 0. The molecular weight excluding hydrogens is 284 g/mol. The number of hydrogen-bond acceptors (Lipinski definition) is 1. The molecule has 1 atom stereocenters. The number of hydrogen-bond donors (Lipinski definition) is 1. The topological polar surface area (TPSA) is 37.3 Å². The molecule has 2 heteroatoms. The summed E-state index contributed by atoms with van der Waals surface area (Å²) in [5.74, 6) is 4.25. The number of carboxylic acid groups (broad SMARTS) is 1. The van der Waals surface area contributed by atoms with E-state index in [1.807, 2.05) is 0 Å². The Bertz CT molecular complexity index is 432. The lowest BCUT2D eigenvalue weighted by Crippen LogP contribution is -2.06. The van der Waals surface area contributed by atoms with E-state index in [1.165, 1.54) is 25.7 Å². The number of unbranched alkanes of at least 4 members (excludes halogenated alkanes) is 5. The monoisotopic (exact) mass is 316 g/mol. The Morgan fingerprint density at radius 2 is 1.52 bits per heavy atom. The highest BCUT2D eigenvalue weighted by Crippen LogP contribution is 2.01. The number of allylic oxidation sites excluding steroid dienone is 6. The Balaban J connectivity index is 3.50. The van der Waals surface area contributed by atoms with Crippen LogP contribution >= 0.6 is 0 Å². The minimum absolute atomic E-state index is 0.559. The first-order valence-electron chi connectivity index (χ1n) is 8.84. The van der Waals surface area contributed by atoms with Crippen molar-refractivity contribution < 1.29 is 9.90 Å². The predicted molar refractivity (Wildman–Crippen MR) is 99.2 cm³/mol. The highest BCUT2D eigenvalue weighted by molar-refractivity contribution is 5.72. The maximum Gasteiger partial charge on any atom is 0.318 e. The molecule has 128 valence electrons. The van der Waals surface area contributed by atoms with Crippen LogP contribution in [0.5, 0.6) is 0 Å². The molecule has 0 rings (SSSR count). The van der Waals surface area contributed by atoms with Gasteiger partial charge in [0.05, 0.1) is 0 Å². The van der Waals surface area contributed by atoms with Crippen LogP contribution in [0.4, 0.5) is 0 Å². The average molecular weight is 316 g/mol. The Hall–Kier alpha value is -1.75. The number of carboxylic acids is 1. The molecule has 0 saturated heterocycles. The fourth-order valence-electron chi connectivity index (χ4n) is 1.89. The zero-order valence-corrected chi connectivity index (χ0v) is 14.8. The highest BCUT2D eigenvalue weighted by Gasteiger charge is 2.04. The Morgan fingerprint density at radius 3 is 2.09 bits per heavy atom. The van der Waals surface area contributed by atoms with Gasteiger partial charge in [-0.25, -0.2) is 0 Å². The lowest BCUT2D eigenvalue weighted by molar-refractivity contribution is -0.139. The minimum atomic E-state index is -0.847. The van der Waals surface area contributed by atoms with Gasteiger partial charge in [-0.3, -0.25) is 4.79 Å². The van der Waals surface area contributed by atoms with Gasteiger partial charge in [0.25, 0.3) is 0 Å². The van der Waals surface area contributed by atoms with Gasteiger partial charge in [0.1, 0.15) is 5.92 Å². The molecular formula is C21H32O2. The molecule has 0 saturated carbocycles. The molecule has 0 spiro atoms. The van der Waals surface area contributed by atoms with Crippen molar-refractivity contribution in [3.05, 3.63) is 36.5 Å². The van der Waals surface area contributed by atoms with Gasteiger partial charge < -0.3 is 5.11 Å². The highest BCUT2D eigenvalue weighted by atomic mass is 16.4. The summed E-state index contributed by atoms with van der Waals surface area (Å²) in [7, 11) is 0. The van der Waals surface area contributed by atoms with Gasteiger partial charge in [-0.1, -0.05) is 62.1 Å². The van der Waals surface area contributed by atoms with E-state index in [2.05, 4.69) is 55.2 Å². The van der Waals surface area contributed by atoms with Gasteiger partial charge in [-0.15, -0.1) is 5.92 Å². The Labute approximate surface area is 142 Å². The van der Waals surface area contributed by atoms with Crippen LogP contribution in [-0.4, -0.2) is 11.1 Å². The second-order valence-electron chi connectivity index (χ2n) is 5.65. The van der Waals surface area contributed by atoms with Crippen LogP contribution in [0.1, 0.15) is 71.6 Å². The molecule has 1 unspecified atom stereocenters. The van der Waals surface area contributed by atoms with Gasteiger partial charge in [-0.05, 0) is 45.4 Å². The van der Waals surface area contributed by atoms with Gasteiger partial charge in [0.15, 0.2) is 0 Å². The van der Waals surface area contributed by atoms with Crippen molar-refractivity contribution >= 4 is 5.97 Å². The molecule has 0 bridgehead atoms. The van der Waals surface area contributed by atoms with Crippen molar-refractivity contribution in [2.75, 3.05) is 0 Å². The average Bonchev–Trinajstić information content (AvgIpc) is 2.54. The molecule has 0 radical (unpaired) electrons. The molecule has 0 amide bonds. The van der Waals surface area contributed by atoms with Crippen molar-refractivity contribution in [2.24, 2.45) is 5.92 Å². The van der Waals surface area contributed by atoms with Crippen molar-refractivity contribution in [1.29, 1.82) is 0 Å². The summed E-state index contributed by atoms with van der Waals surface area (Å²) in [4.78, 5) is 10.6. The lowest BCUT2D eigenvalue weighted by Gasteiger charge is -1.93. The van der Waals surface area contributed by atoms with Gasteiger partial charge in [-0.2, -0.15) is 0 Å². The molecule has 23 heavy (non-hydrogen) atoms. The number of aliphatic carboxylic acids is 1. The summed E-state index contributed by atoms with van der Waals surface area (Å²) < 4.78 is 0. The van der Waals surface area contributed by atoms with Crippen LogP contribution in [-0.2, 0) is 4.79 Å². The molecule has 0 aliphatic carbocycles. The molecule has 1 N–H and O–H groups in total. The smallest absolute Gasteiger partial charge is 0.318 e. The van der Waals surface area contributed by atoms with Crippen molar-refractivity contribution in [3.8, 4) is 11.8 Å². The number of carbonyl (C=O) groups is 1.